The van der Waals surface area contributed by atoms with Crippen LogP contribution in [0.15, 0.2) is 66.7 Å². The molecule has 156 valence electrons. The summed E-state index contributed by atoms with van der Waals surface area (Å²) in [5, 5.41) is 3.02. The molecule has 1 N–H and O–H groups in total. The third-order valence-corrected chi connectivity index (χ3v) is 5.11. The average molecular weight is 404 g/mol. The Bertz CT molecular complexity index is 1010. The van der Waals surface area contributed by atoms with Gasteiger partial charge in [0, 0.05) is 16.8 Å². The molecule has 0 fully saturated rings. The molecule has 0 saturated heterocycles. The zero-order valence-corrected chi connectivity index (χ0v) is 18.1. The number of anilines is 1. The number of nitrogens with one attached hydrogen (secondary N) is 1. The Morgan fingerprint density at radius 1 is 0.933 bits per heavy atom. The Morgan fingerprint density at radius 2 is 1.67 bits per heavy atom. The lowest BCUT2D eigenvalue weighted by atomic mass is 10.0. The molecule has 4 nitrogen and oxygen atoms in total. The van der Waals surface area contributed by atoms with Crippen molar-refractivity contribution in [3.05, 3.63) is 89.0 Å². The van der Waals surface area contributed by atoms with E-state index in [1.165, 1.54) is 0 Å². The van der Waals surface area contributed by atoms with Gasteiger partial charge in [0.25, 0.3) is 5.91 Å². The molecule has 0 aliphatic carbocycles. The maximum atomic E-state index is 12.9. The molecule has 0 bridgehead atoms. The van der Waals surface area contributed by atoms with Crippen LogP contribution >= 0.6 is 0 Å². The number of aryl methyl sites for hydroxylation is 1. The molecule has 0 unspecified atom stereocenters. The third-order valence-electron chi connectivity index (χ3n) is 5.11. The lowest BCUT2D eigenvalue weighted by molar-refractivity contribution is 0.102. The second-order valence-electron chi connectivity index (χ2n) is 7.47. The number of rotatable bonds is 8. The van der Waals surface area contributed by atoms with Crippen molar-refractivity contribution in [2.24, 2.45) is 0 Å². The summed E-state index contributed by atoms with van der Waals surface area (Å²) in [4.78, 5) is 12.9. The van der Waals surface area contributed by atoms with Crippen molar-refractivity contribution in [2.75, 3.05) is 12.4 Å². The molecule has 0 radical (unpaired) electrons. The van der Waals surface area contributed by atoms with Crippen molar-refractivity contribution < 1.29 is 14.3 Å². The number of methoxy groups -OCH3 is 1. The van der Waals surface area contributed by atoms with Gasteiger partial charge < -0.3 is 14.8 Å². The summed E-state index contributed by atoms with van der Waals surface area (Å²) in [6, 6.07) is 21.3. The molecule has 3 rings (SSSR count). The van der Waals surface area contributed by atoms with E-state index >= 15 is 0 Å². The molecule has 0 aromatic heterocycles. The van der Waals surface area contributed by atoms with Gasteiger partial charge in [0.1, 0.15) is 18.1 Å². The SMILES string of the molecule is CCc1ccccc1NC(=O)c1ccc(OC)c(COc2ccccc2C(C)C)c1. The summed E-state index contributed by atoms with van der Waals surface area (Å²) in [7, 11) is 1.62. The summed E-state index contributed by atoms with van der Waals surface area (Å²) in [5.41, 5.74) is 4.49. The summed E-state index contributed by atoms with van der Waals surface area (Å²) >= 11 is 0. The van der Waals surface area contributed by atoms with E-state index in [2.05, 4.69) is 32.2 Å². The molecule has 1 amide bonds. The fourth-order valence-electron chi connectivity index (χ4n) is 3.42. The molecule has 0 heterocycles. The van der Waals surface area contributed by atoms with Gasteiger partial charge in [0.05, 0.1) is 7.11 Å². The van der Waals surface area contributed by atoms with Crippen LogP contribution in [0.3, 0.4) is 0 Å². The first-order valence-corrected chi connectivity index (χ1v) is 10.3. The van der Waals surface area contributed by atoms with E-state index in [1.807, 2.05) is 54.6 Å². The molecule has 0 spiro atoms. The molecule has 3 aromatic rings. The van der Waals surface area contributed by atoms with Gasteiger partial charge in [-0.15, -0.1) is 0 Å². The minimum absolute atomic E-state index is 0.151. The van der Waals surface area contributed by atoms with Crippen LogP contribution < -0.4 is 14.8 Å². The number of carbonyl (C=O) groups is 1. The first kappa shape index (κ1) is 21.4. The van der Waals surface area contributed by atoms with Gasteiger partial charge in [-0.25, -0.2) is 0 Å². The van der Waals surface area contributed by atoms with E-state index in [0.717, 1.165) is 34.5 Å². The topological polar surface area (TPSA) is 47.6 Å². The molecule has 0 atom stereocenters. The van der Waals surface area contributed by atoms with E-state index < -0.39 is 0 Å². The number of hydrogen-bond acceptors (Lipinski definition) is 3. The van der Waals surface area contributed by atoms with Gasteiger partial charge in [-0.1, -0.05) is 57.2 Å². The second kappa shape index (κ2) is 9.97. The van der Waals surface area contributed by atoms with E-state index in [1.54, 1.807) is 13.2 Å². The van der Waals surface area contributed by atoms with Crippen molar-refractivity contribution in [1.82, 2.24) is 0 Å². The highest BCUT2D eigenvalue weighted by Crippen LogP contribution is 2.28. The maximum absolute atomic E-state index is 12.9. The highest BCUT2D eigenvalue weighted by molar-refractivity contribution is 6.04. The van der Waals surface area contributed by atoms with Crippen LogP contribution in [0.1, 0.15) is 53.7 Å². The monoisotopic (exact) mass is 403 g/mol. The number of benzene rings is 3. The van der Waals surface area contributed by atoms with Crippen LogP contribution in [-0.2, 0) is 13.0 Å². The Morgan fingerprint density at radius 3 is 2.40 bits per heavy atom. The minimum atomic E-state index is -0.151. The molecular formula is C26H29NO3. The molecule has 3 aromatic carbocycles. The van der Waals surface area contributed by atoms with Crippen LogP contribution in [-0.4, -0.2) is 13.0 Å². The van der Waals surface area contributed by atoms with E-state index in [9.17, 15) is 4.79 Å². The van der Waals surface area contributed by atoms with Gasteiger partial charge in [0.15, 0.2) is 0 Å². The Kier molecular flexibility index (Phi) is 7.12. The predicted octanol–water partition coefficient (Wildman–Crippen LogP) is 6.21. The highest BCUT2D eigenvalue weighted by Gasteiger charge is 2.14. The molecule has 30 heavy (non-hydrogen) atoms. The standard InChI is InChI=1S/C26H29NO3/c1-5-19-10-6-8-12-23(19)27-26(28)20-14-15-24(29-4)21(16-20)17-30-25-13-9-7-11-22(25)18(2)3/h6-16,18H,5,17H2,1-4H3,(H,27,28). The molecule has 0 saturated carbocycles. The van der Waals surface area contributed by atoms with Crippen molar-refractivity contribution in [2.45, 2.75) is 39.7 Å². The van der Waals surface area contributed by atoms with Gasteiger partial charge in [0.2, 0.25) is 0 Å². The lowest BCUT2D eigenvalue weighted by Crippen LogP contribution is -2.14. The van der Waals surface area contributed by atoms with Crippen LogP contribution in [0.25, 0.3) is 0 Å². The number of amides is 1. The van der Waals surface area contributed by atoms with Crippen LogP contribution in [0.4, 0.5) is 5.69 Å². The fraction of sp³-hybridized carbons (Fsp3) is 0.269. The van der Waals surface area contributed by atoms with E-state index in [-0.39, 0.29) is 5.91 Å². The predicted molar refractivity (Wildman–Crippen MR) is 122 cm³/mol. The van der Waals surface area contributed by atoms with Crippen molar-refractivity contribution in [1.29, 1.82) is 0 Å². The lowest BCUT2D eigenvalue weighted by Gasteiger charge is -2.16. The largest absolute Gasteiger partial charge is 0.496 e. The van der Waals surface area contributed by atoms with Gasteiger partial charge in [-0.3, -0.25) is 4.79 Å². The smallest absolute Gasteiger partial charge is 0.255 e. The fourth-order valence-corrected chi connectivity index (χ4v) is 3.42. The second-order valence-corrected chi connectivity index (χ2v) is 7.47. The van der Waals surface area contributed by atoms with Crippen LogP contribution in [0, 0.1) is 0 Å². The minimum Gasteiger partial charge on any atom is -0.496 e. The van der Waals surface area contributed by atoms with Crippen molar-refractivity contribution in [3.63, 3.8) is 0 Å². The average Bonchev–Trinajstić information content (AvgIpc) is 2.77. The number of ether oxygens (including phenoxy) is 2. The van der Waals surface area contributed by atoms with Gasteiger partial charge in [-0.05, 0) is 53.8 Å². The Hall–Kier alpha value is -3.27. The van der Waals surface area contributed by atoms with Gasteiger partial charge >= 0.3 is 0 Å². The highest BCUT2D eigenvalue weighted by atomic mass is 16.5. The zero-order valence-electron chi connectivity index (χ0n) is 18.1. The summed E-state index contributed by atoms with van der Waals surface area (Å²) < 4.78 is 11.6. The molecule has 0 aliphatic rings. The summed E-state index contributed by atoms with van der Waals surface area (Å²) in [6.45, 7) is 6.67. The van der Waals surface area contributed by atoms with Gasteiger partial charge in [-0.2, -0.15) is 0 Å². The molecule has 0 aliphatic heterocycles. The van der Waals surface area contributed by atoms with E-state index in [4.69, 9.17) is 9.47 Å². The quantitative estimate of drug-likeness (QED) is 0.486. The Balaban J connectivity index is 1.81. The first-order valence-electron chi connectivity index (χ1n) is 10.3. The number of carbonyl (C=O) groups excluding carboxylic acids is 1. The maximum Gasteiger partial charge on any atom is 0.255 e. The van der Waals surface area contributed by atoms with Crippen LogP contribution in [0.2, 0.25) is 0 Å². The number of hydrogen-bond donors (Lipinski definition) is 1. The summed E-state index contributed by atoms with van der Waals surface area (Å²) in [5.74, 6) is 1.75. The van der Waals surface area contributed by atoms with E-state index in [0.29, 0.717) is 23.8 Å². The normalized spacial score (nSPS) is 10.7. The van der Waals surface area contributed by atoms with Crippen molar-refractivity contribution in [3.8, 4) is 11.5 Å². The van der Waals surface area contributed by atoms with Crippen LogP contribution in [0.5, 0.6) is 11.5 Å². The third kappa shape index (κ3) is 5.01. The first-order chi connectivity index (χ1) is 14.5. The van der Waals surface area contributed by atoms with Crippen molar-refractivity contribution >= 4 is 11.6 Å². The summed E-state index contributed by atoms with van der Waals surface area (Å²) in [6.07, 6.45) is 0.855. The number of para-hydroxylation sites is 2. The molecular weight excluding hydrogens is 374 g/mol. The zero-order chi connectivity index (χ0) is 21.5. The molecule has 4 heteroatoms. The Labute approximate surface area is 178 Å².